The van der Waals surface area contributed by atoms with Crippen LogP contribution in [0.4, 0.5) is 0 Å². The van der Waals surface area contributed by atoms with Crippen LogP contribution in [0.2, 0.25) is 0 Å². The summed E-state index contributed by atoms with van der Waals surface area (Å²) in [5.41, 5.74) is 0.716. The van der Waals surface area contributed by atoms with Gasteiger partial charge in [0.15, 0.2) is 5.78 Å². The lowest BCUT2D eigenvalue weighted by Gasteiger charge is -2.13. The molecule has 0 aromatic heterocycles. The van der Waals surface area contributed by atoms with Gasteiger partial charge in [-0.2, -0.15) is 0 Å². The molecule has 0 aliphatic rings. The Morgan fingerprint density at radius 2 is 1.80 bits per heavy atom. The molecular formula is C13H18O2. The number of ketones is 1. The maximum absolute atomic E-state index is 11.8. The van der Waals surface area contributed by atoms with Gasteiger partial charge in [0.05, 0.1) is 0 Å². The average Bonchev–Trinajstić information content (AvgIpc) is 2.26. The second-order valence-electron chi connectivity index (χ2n) is 4.10. The fraction of sp³-hybridized carbons (Fsp3) is 0.462. The van der Waals surface area contributed by atoms with E-state index in [1.165, 1.54) is 0 Å². The highest BCUT2D eigenvalue weighted by Gasteiger charge is 2.15. The van der Waals surface area contributed by atoms with Gasteiger partial charge in [-0.25, -0.2) is 0 Å². The molecule has 1 aromatic carbocycles. The van der Waals surface area contributed by atoms with E-state index in [9.17, 15) is 4.79 Å². The summed E-state index contributed by atoms with van der Waals surface area (Å²) in [7, 11) is 0. The summed E-state index contributed by atoms with van der Waals surface area (Å²) in [5, 5.41) is 0. The molecule has 0 heterocycles. The average molecular weight is 206 g/mol. The minimum atomic E-state index is -0.352. The molecule has 1 unspecified atom stereocenters. The predicted molar refractivity (Wildman–Crippen MR) is 61.0 cm³/mol. The summed E-state index contributed by atoms with van der Waals surface area (Å²) in [4.78, 5) is 11.8. The Morgan fingerprint density at radius 3 is 2.33 bits per heavy atom. The lowest BCUT2D eigenvalue weighted by Crippen LogP contribution is -2.22. The Bertz CT molecular complexity index is 304. The third kappa shape index (κ3) is 3.84. The zero-order chi connectivity index (χ0) is 11.3. The first kappa shape index (κ1) is 11.9. The smallest absolute Gasteiger partial charge is 0.191 e. The van der Waals surface area contributed by atoms with Crippen molar-refractivity contribution in [2.75, 3.05) is 6.61 Å². The molecule has 1 rings (SSSR count). The molecule has 15 heavy (non-hydrogen) atoms. The molecule has 82 valence electrons. The Hall–Kier alpha value is -1.15. The van der Waals surface area contributed by atoms with E-state index in [1.54, 1.807) is 6.92 Å². The molecule has 0 radical (unpaired) electrons. The van der Waals surface area contributed by atoms with Crippen LogP contribution >= 0.6 is 0 Å². The van der Waals surface area contributed by atoms with Crippen molar-refractivity contribution in [2.45, 2.75) is 26.9 Å². The topological polar surface area (TPSA) is 26.3 Å². The van der Waals surface area contributed by atoms with E-state index in [0.717, 1.165) is 0 Å². The number of carbonyl (C=O) groups is 1. The second-order valence-corrected chi connectivity index (χ2v) is 4.10. The first-order valence-electron chi connectivity index (χ1n) is 5.32. The van der Waals surface area contributed by atoms with Gasteiger partial charge in [-0.15, -0.1) is 0 Å². The van der Waals surface area contributed by atoms with Gasteiger partial charge in [-0.05, 0) is 12.8 Å². The lowest BCUT2D eigenvalue weighted by molar-refractivity contribution is 0.0385. The van der Waals surface area contributed by atoms with E-state index in [-0.39, 0.29) is 11.9 Å². The third-order valence-corrected chi connectivity index (χ3v) is 2.11. The van der Waals surface area contributed by atoms with Crippen molar-refractivity contribution in [3.63, 3.8) is 0 Å². The second kappa shape index (κ2) is 5.66. The molecule has 0 spiro atoms. The predicted octanol–water partition coefficient (Wildman–Crippen LogP) is 2.93. The van der Waals surface area contributed by atoms with Crippen molar-refractivity contribution in [3.8, 4) is 0 Å². The van der Waals surface area contributed by atoms with Crippen LogP contribution in [-0.2, 0) is 4.74 Å². The van der Waals surface area contributed by atoms with Crippen molar-refractivity contribution >= 4 is 5.78 Å². The van der Waals surface area contributed by atoms with Gasteiger partial charge in [-0.3, -0.25) is 4.79 Å². The highest BCUT2D eigenvalue weighted by atomic mass is 16.5. The van der Waals surface area contributed by atoms with Gasteiger partial charge in [0.2, 0.25) is 0 Å². The molecule has 0 aliphatic heterocycles. The molecule has 0 N–H and O–H groups in total. The van der Waals surface area contributed by atoms with Crippen LogP contribution in [-0.4, -0.2) is 18.5 Å². The van der Waals surface area contributed by atoms with E-state index in [2.05, 4.69) is 13.8 Å². The Balaban J connectivity index is 2.54. The van der Waals surface area contributed by atoms with Crippen LogP contribution in [0.5, 0.6) is 0 Å². The molecule has 0 aliphatic carbocycles. The van der Waals surface area contributed by atoms with Gasteiger partial charge in [0.1, 0.15) is 6.10 Å². The third-order valence-electron chi connectivity index (χ3n) is 2.11. The van der Waals surface area contributed by atoms with Crippen molar-refractivity contribution in [3.05, 3.63) is 35.9 Å². The monoisotopic (exact) mass is 206 g/mol. The fourth-order valence-electron chi connectivity index (χ4n) is 1.25. The summed E-state index contributed by atoms with van der Waals surface area (Å²) in [6.45, 7) is 6.57. The van der Waals surface area contributed by atoms with Crippen molar-refractivity contribution < 1.29 is 9.53 Å². The number of hydrogen-bond acceptors (Lipinski definition) is 2. The van der Waals surface area contributed by atoms with Crippen LogP contribution in [0, 0.1) is 5.92 Å². The van der Waals surface area contributed by atoms with E-state index < -0.39 is 0 Å². The van der Waals surface area contributed by atoms with E-state index >= 15 is 0 Å². The van der Waals surface area contributed by atoms with Crippen molar-refractivity contribution in [2.24, 2.45) is 5.92 Å². The molecule has 0 amide bonds. The Labute approximate surface area is 91.3 Å². The molecule has 0 saturated heterocycles. The van der Waals surface area contributed by atoms with Crippen LogP contribution in [0.1, 0.15) is 31.1 Å². The minimum absolute atomic E-state index is 0.0521. The van der Waals surface area contributed by atoms with E-state index in [4.69, 9.17) is 4.74 Å². The molecule has 2 heteroatoms. The summed E-state index contributed by atoms with van der Waals surface area (Å²) in [6.07, 6.45) is -0.352. The maximum Gasteiger partial charge on any atom is 0.191 e. The number of hydrogen-bond donors (Lipinski definition) is 0. The van der Waals surface area contributed by atoms with E-state index in [0.29, 0.717) is 18.1 Å². The highest BCUT2D eigenvalue weighted by molar-refractivity contribution is 5.99. The standard InChI is InChI=1S/C13H18O2/c1-10(2)9-15-11(3)13(14)12-7-5-4-6-8-12/h4-8,10-11H,9H2,1-3H3. The van der Waals surface area contributed by atoms with Gasteiger partial charge >= 0.3 is 0 Å². The Kier molecular flexibility index (Phi) is 4.50. The number of Topliss-reactive ketones (excluding diaryl/α,β-unsaturated/α-hetero) is 1. The van der Waals surface area contributed by atoms with Crippen molar-refractivity contribution in [1.82, 2.24) is 0 Å². The van der Waals surface area contributed by atoms with Crippen LogP contribution in [0.25, 0.3) is 0 Å². The van der Waals surface area contributed by atoms with Gasteiger partial charge in [0.25, 0.3) is 0 Å². The number of carbonyl (C=O) groups excluding carboxylic acids is 1. The van der Waals surface area contributed by atoms with Crippen molar-refractivity contribution in [1.29, 1.82) is 0 Å². The normalized spacial score (nSPS) is 12.8. The van der Waals surface area contributed by atoms with Gasteiger partial charge < -0.3 is 4.74 Å². The molecule has 0 saturated carbocycles. The molecule has 1 aromatic rings. The number of ether oxygens (including phenoxy) is 1. The summed E-state index contributed by atoms with van der Waals surface area (Å²) in [6, 6.07) is 9.26. The molecule has 0 fully saturated rings. The lowest BCUT2D eigenvalue weighted by atomic mass is 10.1. The SMILES string of the molecule is CC(C)COC(C)C(=O)c1ccccc1. The minimum Gasteiger partial charge on any atom is -0.370 e. The maximum atomic E-state index is 11.8. The fourth-order valence-corrected chi connectivity index (χ4v) is 1.25. The molecule has 0 bridgehead atoms. The summed E-state index contributed by atoms with van der Waals surface area (Å²) in [5.74, 6) is 0.507. The quantitative estimate of drug-likeness (QED) is 0.692. The highest BCUT2D eigenvalue weighted by Crippen LogP contribution is 2.07. The molecule has 1 atom stereocenters. The summed E-state index contributed by atoms with van der Waals surface area (Å²) >= 11 is 0. The van der Waals surface area contributed by atoms with Crippen LogP contribution in [0.15, 0.2) is 30.3 Å². The van der Waals surface area contributed by atoms with Crippen LogP contribution < -0.4 is 0 Å². The molecule has 2 nitrogen and oxygen atoms in total. The zero-order valence-electron chi connectivity index (χ0n) is 9.57. The largest absolute Gasteiger partial charge is 0.370 e. The Morgan fingerprint density at radius 1 is 1.20 bits per heavy atom. The summed E-state index contributed by atoms with van der Waals surface area (Å²) < 4.78 is 5.47. The number of rotatable bonds is 5. The first-order chi connectivity index (χ1) is 7.11. The first-order valence-corrected chi connectivity index (χ1v) is 5.32. The zero-order valence-corrected chi connectivity index (χ0v) is 9.57. The number of benzene rings is 1. The van der Waals surface area contributed by atoms with Crippen LogP contribution in [0.3, 0.4) is 0 Å². The van der Waals surface area contributed by atoms with Gasteiger partial charge in [0, 0.05) is 12.2 Å². The molecular weight excluding hydrogens is 188 g/mol. The van der Waals surface area contributed by atoms with Gasteiger partial charge in [-0.1, -0.05) is 44.2 Å². The van der Waals surface area contributed by atoms with E-state index in [1.807, 2.05) is 30.3 Å².